The summed E-state index contributed by atoms with van der Waals surface area (Å²) >= 11 is 0. The third-order valence-corrected chi connectivity index (χ3v) is 5.56. The Balaban J connectivity index is 2.03. The molecule has 1 atom stereocenters. The summed E-state index contributed by atoms with van der Waals surface area (Å²) in [5, 5.41) is 18.6. The molecule has 1 aromatic heterocycles. The predicted molar refractivity (Wildman–Crippen MR) is 132 cm³/mol. The van der Waals surface area contributed by atoms with Crippen LogP contribution in [0.4, 0.5) is 10.1 Å². The van der Waals surface area contributed by atoms with Gasteiger partial charge < -0.3 is 10.2 Å². The van der Waals surface area contributed by atoms with E-state index in [4.69, 9.17) is 0 Å². The number of anilines is 1. The van der Waals surface area contributed by atoms with Crippen LogP contribution < -0.4 is 15.5 Å². The molecule has 1 unspecified atom stereocenters. The third-order valence-electron chi connectivity index (χ3n) is 5.56. The number of aromatic nitrogens is 4. The van der Waals surface area contributed by atoms with E-state index < -0.39 is 6.04 Å². The zero-order valence-corrected chi connectivity index (χ0v) is 21.0. The summed E-state index contributed by atoms with van der Waals surface area (Å²) in [4.78, 5) is 14.2. The van der Waals surface area contributed by atoms with Gasteiger partial charge in [0, 0.05) is 20.6 Å². The number of carbonyl (C=O) groups is 1. The highest BCUT2D eigenvalue weighted by atomic mass is 19.1. The smallest absolute Gasteiger partial charge is 0.233 e. The molecular weight excluding hydrogens is 433 g/mol. The molecule has 3 rings (SSSR count). The summed E-state index contributed by atoms with van der Waals surface area (Å²) in [6, 6.07) is 8.55. The van der Waals surface area contributed by atoms with Gasteiger partial charge in [0.15, 0.2) is 5.82 Å². The number of aryl methyl sites for hydroxylation is 3. The third kappa shape index (κ3) is 5.77. The van der Waals surface area contributed by atoms with E-state index >= 15 is 0 Å². The molecule has 2 aromatic carbocycles. The summed E-state index contributed by atoms with van der Waals surface area (Å²) in [7, 11) is 3.58. The van der Waals surface area contributed by atoms with Crippen molar-refractivity contribution in [1.29, 1.82) is 0 Å². The number of tetrazole rings is 1. The van der Waals surface area contributed by atoms with Crippen molar-refractivity contribution in [1.82, 2.24) is 30.8 Å². The van der Waals surface area contributed by atoms with Crippen LogP contribution in [0.25, 0.3) is 5.69 Å². The van der Waals surface area contributed by atoms with E-state index in [-0.39, 0.29) is 18.3 Å². The van der Waals surface area contributed by atoms with Crippen molar-refractivity contribution >= 4 is 11.6 Å². The standard InChI is InChI=1S/C25H34FN7O/c1-15(2)13-27-22(34)14-28-23(19-8-9-21(32(6)7)20(26)12-19)25-29-30-31-33(25)24-17(4)10-16(3)11-18(24)5/h8-12,15,23,28H,13-14H2,1-7H3,(H,27,34). The summed E-state index contributed by atoms with van der Waals surface area (Å²) in [6.07, 6.45) is 0. The van der Waals surface area contributed by atoms with Crippen LogP contribution in [0.3, 0.4) is 0 Å². The minimum absolute atomic E-state index is 0.0349. The first kappa shape index (κ1) is 25.3. The second-order valence-corrected chi connectivity index (χ2v) is 9.31. The van der Waals surface area contributed by atoms with Crippen molar-refractivity contribution in [3.05, 3.63) is 64.2 Å². The number of benzene rings is 2. The van der Waals surface area contributed by atoms with Gasteiger partial charge in [-0.1, -0.05) is 37.6 Å². The highest BCUT2D eigenvalue weighted by molar-refractivity contribution is 5.78. The van der Waals surface area contributed by atoms with Gasteiger partial charge in [-0.2, -0.15) is 4.68 Å². The number of hydrogen-bond acceptors (Lipinski definition) is 6. The number of halogens is 1. The van der Waals surface area contributed by atoms with Crippen molar-refractivity contribution < 1.29 is 9.18 Å². The van der Waals surface area contributed by atoms with Crippen LogP contribution >= 0.6 is 0 Å². The Kier molecular flexibility index (Phi) is 7.98. The van der Waals surface area contributed by atoms with Crippen LogP contribution in [-0.4, -0.2) is 53.3 Å². The topological polar surface area (TPSA) is 88.0 Å². The zero-order chi connectivity index (χ0) is 25.0. The maximum atomic E-state index is 14.9. The van der Waals surface area contributed by atoms with Gasteiger partial charge in [0.2, 0.25) is 5.91 Å². The molecule has 0 saturated heterocycles. The first-order valence-electron chi connectivity index (χ1n) is 11.4. The van der Waals surface area contributed by atoms with Gasteiger partial charge in [0.25, 0.3) is 0 Å². The second kappa shape index (κ2) is 10.7. The average Bonchev–Trinajstić information content (AvgIpc) is 3.20. The molecule has 1 amide bonds. The average molecular weight is 468 g/mol. The van der Waals surface area contributed by atoms with E-state index in [0.717, 1.165) is 22.4 Å². The van der Waals surface area contributed by atoms with Crippen LogP contribution in [-0.2, 0) is 4.79 Å². The van der Waals surface area contributed by atoms with E-state index in [1.165, 1.54) is 6.07 Å². The Bertz CT molecular complexity index is 1130. The van der Waals surface area contributed by atoms with Gasteiger partial charge in [-0.15, -0.1) is 5.10 Å². The van der Waals surface area contributed by atoms with Gasteiger partial charge in [0.1, 0.15) is 5.82 Å². The van der Waals surface area contributed by atoms with Gasteiger partial charge in [-0.3, -0.25) is 10.1 Å². The molecule has 0 aliphatic carbocycles. The fraction of sp³-hybridized carbons (Fsp3) is 0.440. The number of nitrogens with zero attached hydrogens (tertiary/aromatic N) is 5. The molecule has 34 heavy (non-hydrogen) atoms. The van der Waals surface area contributed by atoms with Crippen LogP contribution in [0.15, 0.2) is 30.3 Å². The molecule has 0 aliphatic rings. The molecule has 0 fully saturated rings. The number of nitrogens with one attached hydrogen (secondary N) is 2. The van der Waals surface area contributed by atoms with E-state index in [2.05, 4.69) is 38.3 Å². The van der Waals surface area contributed by atoms with Crippen molar-refractivity contribution in [3.63, 3.8) is 0 Å². The minimum atomic E-state index is -0.606. The lowest BCUT2D eigenvalue weighted by Gasteiger charge is -2.22. The largest absolute Gasteiger partial charge is 0.375 e. The quantitative estimate of drug-likeness (QED) is 0.502. The SMILES string of the molecule is Cc1cc(C)c(-n2nnnc2C(NCC(=O)NCC(C)C)c2ccc(N(C)C)c(F)c2)c(C)c1. The summed E-state index contributed by atoms with van der Waals surface area (Å²) in [5.41, 5.74) is 5.15. The monoisotopic (exact) mass is 467 g/mol. The minimum Gasteiger partial charge on any atom is -0.375 e. The van der Waals surface area contributed by atoms with Gasteiger partial charge in [-0.05, 0) is 65.9 Å². The molecule has 8 nitrogen and oxygen atoms in total. The Morgan fingerprint density at radius 1 is 1.12 bits per heavy atom. The fourth-order valence-electron chi connectivity index (χ4n) is 4.04. The van der Waals surface area contributed by atoms with Gasteiger partial charge in [0.05, 0.1) is 24.0 Å². The molecular formula is C25H34FN7O. The fourth-order valence-corrected chi connectivity index (χ4v) is 4.04. The molecule has 3 aromatic rings. The molecule has 0 saturated carbocycles. The highest BCUT2D eigenvalue weighted by Crippen LogP contribution is 2.28. The molecule has 0 aliphatic heterocycles. The van der Waals surface area contributed by atoms with Crippen molar-refractivity contribution in [2.45, 2.75) is 40.7 Å². The molecule has 9 heteroatoms. The Morgan fingerprint density at radius 3 is 2.38 bits per heavy atom. The molecule has 1 heterocycles. The lowest BCUT2D eigenvalue weighted by molar-refractivity contribution is -0.120. The first-order valence-corrected chi connectivity index (χ1v) is 11.4. The van der Waals surface area contributed by atoms with Gasteiger partial charge in [-0.25, -0.2) is 4.39 Å². The van der Waals surface area contributed by atoms with Crippen LogP contribution in [0.2, 0.25) is 0 Å². The summed E-state index contributed by atoms with van der Waals surface area (Å²) in [6.45, 7) is 10.7. The van der Waals surface area contributed by atoms with E-state index in [1.54, 1.807) is 29.7 Å². The van der Waals surface area contributed by atoms with Crippen LogP contribution in [0.5, 0.6) is 0 Å². The zero-order valence-electron chi connectivity index (χ0n) is 21.0. The maximum absolute atomic E-state index is 14.9. The highest BCUT2D eigenvalue weighted by Gasteiger charge is 2.25. The Morgan fingerprint density at radius 2 is 1.79 bits per heavy atom. The summed E-state index contributed by atoms with van der Waals surface area (Å²) in [5.74, 6) is 0.307. The molecule has 0 radical (unpaired) electrons. The molecule has 182 valence electrons. The molecule has 2 N–H and O–H groups in total. The van der Waals surface area contributed by atoms with Crippen LogP contribution in [0.1, 0.15) is 48.0 Å². The lowest BCUT2D eigenvalue weighted by Crippen LogP contribution is -2.38. The van der Waals surface area contributed by atoms with E-state index in [0.29, 0.717) is 29.5 Å². The normalized spacial score (nSPS) is 12.1. The van der Waals surface area contributed by atoms with Crippen molar-refractivity contribution in [2.24, 2.45) is 5.92 Å². The Hall–Kier alpha value is -3.33. The number of hydrogen-bond donors (Lipinski definition) is 2. The number of rotatable bonds is 9. The van der Waals surface area contributed by atoms with Crippen molar-refractivity contribution in [3.8, 4) is 5.69 Å². The van der Waals surface area contributed by atoms with Crippen molar-refractivity contribution in [2.75, 3.05) is 32.1 Å². The lowest BCUT2D eigenvalue weighted by atomic mass is 10.0. The first-order chi connectivity index (χ1) is 16.1. The molecule has 0 spiro atoms. The number of amides is 1. The Labute approximate surface area is 200 Å². The maximum Gasteiger partial charge on any atom is 0.233 e. The van der Waals surface area contributed by atoms with Crippen LogP contribution in [0, 0.1) is 32.5 Å². The second-order valence-electron chi connectivity index (χ2n) is 9.31. The predicted octanol–water partition coefficient (Wildman–Crippen LogP) is 3.24. The number of carbonyl (C=O) groups excluding carboxylic acids is 1. The molecule has 0 bridgehead atoms. The van der Waals surface area contributed by atoms with Gasteiger partial charge >= 0.3 is 0 Å². The van der Waals surface area contributed by atoms with E-state index in [1.807, 2.05) is 40.7 Å². The van der Waals surface area contributed by atoms with E-state index in [9.17, 15) is 9.18 Å². The summed E-state index contributed by atoms with van der Waals surface area (Å²) < 4.78 is 16.6.